The maximum atomic E-state index is 11.4. The second kappa shape index (κ2) is 9.91. The quantitative estimate of drug-likeness (QED) is 0.493. The fourth-order valence-corrected chi connectivity index (χ4v) is 2.56. The van der Waals surface area contributed by atoms with Crippen molar-refractivity contribution in [1.82, 2.24) is 5.32 Å². The molecule has 22 heavy (non-hydrogen) atoms. The van der Waals surface area contributed by atoms with Gasteiger partial charge in [-0.05, 0) is 6.42 Å². The van der Waals surface area contributed by atoms with Crippen molar-refractivity contribution in [3.8, 4) is 0 Å². The number of carbonyl (C=O) groups excluding carboxylic acids is 1. The number of nitrogens with one attached hydrogen (secondary N) is 1. The normalized spacial score (nSPS) is 31.7. The third-order valence-corrected chi connectivity index (χ3v) is 3.54. The van der Waals surface area contributed by atoms with Crippen molar-refractivity contribution in [2.75, 3.05) is 34.5 Å². The highest BCUT2D eigenvalue weighted by Gasteiger charge is 2.47. The van der Waals surface area contributed by atoms with Gasteiger partial charge in [-0.3, -0.25) is 4.79 Å². The SMILES string of the molecule is C=CCCOCC1O[C@H](OC)C(NC(C)=O)C(OC)[C@@H]1OC. The van der Waals surface area contributed by atoms with E-state index in [9.17, 15) is 4.79 Å². The summed E-state index contributed by atoms with van der Waals surface area (Å²) in [5.41, 5.74) is 0. The largest absolute Gasteiger partial charge is 0.378 e. The first-order chi connectivity index (χ1) is 10.6. The Morgan fingerprint density at radius 3 is 2.41 bits per heavy atom. The van der Waals surface area contributed by atoms with E-state index in [1.165, 1.54) is 14.0 Å². The molecule has 128 valence electrons. The first-order valence-electron chi connectivity index (χ1n) is 7.28. The van der Waals surface area contributed by atoms with Gasteiger partial charge in [0.05, 0.1) is 13.2 Å². The molecule has 5 atom stereocenters. The molecule has 3 unspecified atom stereocenters. The average Bonchev–Trinajstić information content (AvgIpc) is 2.51. The van der Waals surface area contributed by atoms with E-state index in [-0.39, 0.29) is 18.1 Å². The summed E-state index contributed by atoms with van der Waals surface area (Å²) in [4.78, 5) is 11.4. The first-order valence-corrected chi connectivity index (χ1v) is 7.28. The summed E-state index contributed by atoms with van der Waals surface area (Å²) >= 11 is 0. The van der Waals surface area contributed by atoms with Gasteiger partial charge in [-0.1, -0.05) is 6.08 Å². The molecule has 1 rings (SSSR count). The lowest BCUT2D eigenvalue weighted by Gasteiger charge is -2.44. The summed E-state index contributed by atoms with van der Waals surface area (Å²) in [7, 11) is 4.67. The second-order valence-corrected chi connectivity index (χ2v) is 5.06. The molecule has 7 heteroatoms. The maximum absolute atomic E-state index is 11.4. The lowest BCUT2D eigenvalue weighted by molar-refractivity contribution is -0.273. The van der Waals surface area contributed by atoms with Crippen LogP contribution in [0.1, 0.15) is 13.3 Å². The molecule has 1 saturated heterocycles. The summed E-state index contributed by atoms with van der Waals surface area (Å²) < 4.78 is 27.8. The van der Waals surface area contributed by atoms with Crippen LogP contribution in [0.3, 0.4) is 0 Å². The molecule has 1 aliphatic rings. The van der Waals surface area contributed by atoms with Crippen molar-refractivity contribution in [3.63, 3.8) is 0 Å². The molecule has 0 aromatic heterocycles. The number of carbonyl (C=O) groups is 1. The van der Waals surface area contributed by atoms with E-state index >= 15 is 0 Å². The molecule has 0 saturated carbocycles. The molecule has 0 radical (unpaired) electrons. The van der Waals surface area contributed by atoms with Gasteiger partial charge in [0, 0.05) is 28.3 Å². The Hall–Kier alpha value is -0.990. The van der Waals surface area contributed by atoms with Gasteiger partial charge in [-0.15, -0.1) is 6.58 Å². The maximum Gasteiger partial charge on any atom is 0.217 e. The molecule has 1 amide bonds. The fraction of sp³-hybridized carbons (Fsp3) is 0.800. The van der Waals surface area contributed by atoms with Crippen molar-refractivity contribution < 1.29 is 28.5 Å². The van der Waals surface area contributed by atoms with Gasteiger partial charge in [0.2, 0.25) is 5.91 Å². The zero-order valence-corrected chi connectivity index (χ0v) is 13.7. The molecule has 0 bridgehead atoms. The third kappa shape index (κ3) is 5.03. The lowest BCUT2D eigenvalue weighted by atomic mass is 9.96. The van der Waals surface area contributed by atoms with Crippen molar-refractivity contribution >= 4 is 5.91 Å². The predicted octanol–water partition coefficient (Wildman–Crippen LogP) is 0.485. The Morgan fingerprint density at radius 1 is 1.23 bits per heavy atom. The van der Waals surface area contributed by atoms with Crippen LogP contribution < -0.4 is 5.32 Å². The Labute approximate surface area is 131 Å². The van der Waals surface area contributed by atoms with Gasteiger partial charge >= 0.3 is 0 Å². The van der Waals surface area contributed by atoms with Crippen LogP contribution >= 0.6 is 0 Å². The minimum atomic E-state index is -0.631. The van der Waals surface area contributed by atoms with E-state index in [0.717, 1.165) is 6.42 Å². The molecule has 1 N–H and O–H groups in total. The van der Waals surface area contributed by atoms with Crippen LogP contribution in [0.15, 0.2) is 12.7 Å². The number of ether oxygens (including phenoxy) is 5. The number of rotatable bonds is 9. The van der Waals surface area contributed by atoms with Crippen molar-refractivity contribution in [1.29, 1.82) is 0 Å². The van der Waals surface area contributed by atoms with Crippen LogP contribution in [-0.4, -0.2) is 71.1 Å². The highest BCUT2D eigenvalue weighted by Crippen LogP contribution is 2.26. The number of hydrogen-bond acceptors (Lipinski definition) is 6. The summed E-state index contributed by atoms with van der Waals surface area (Å²) in [6, 6.07) is -0.457. The molecular weight excluding hydrogens is 290 g/mol. The molecule has 1 aliphatic heterocycles. The number of hydrogen-bond donors (Lipinski definition) is 1. The minimum Gasteiger partial charge on any atom is -0.378 e. The van der Waals surface area contributed by atoms with Crippen LogP contribution in [0.5, 0.6) is 0 Å². The fourth-order valence-electron chi connectivity index (χ4n) is 2.56. The smallest absolute Gasteiger partial charge is 0.217 e. The van der Waals surface area contributed by atoms with E-state index in [2.05, 4.69) is 11.9 Å². The first kappa shape index (κ1) is 19.1. The Morgan fingerprint density at radius 2 is 1.91 bits per heavy atom. The van der Waals surface area contributed by atoms with Crippen LogP contribution in [0.25, 0.3) is 0 Å². The van der Waals surface area contributed by atoms with Gasteiger partial charge in [0.25, 0.3) is 0 Å². The van der Waals surface area contributed by atoms with Gasteiger partial charge in [-0.25, -0.2) is 0 Å². The zero-order valence-electron chi connectivity index (χ0n) is 13.7. The highest BCUT2D eigenvalue weighted by molar-refractivity contribution is 5.73. The predicted molar refractivity (Wildman–Crippen MR) is 80.5 cm³/mol. The number of methoxy groups -OCH3 is 3. The highest BCUT2D eigenvalue weighted by atomic mass is 16.7. The van der Waals surface area contributed by atoms with Crippen molar-refractivity contribution in [2.24, 2.45) is 0 Å². The van der Waals surface area contributed by atoms with Gasteiger partial charge in [0.15, 0.2) is 6.29 Å². The molecule has 1 fully saturated rings. The Kier molecular flexibility index (Phi) is 8.59. The molecule has 1 heterocycles. The van der Waals surface area contributed by atoms with E-state index in [0.29, 0.717) is 13.2 Å². The molecular formula is C15H27NO6. The molecule has 0 spiro atoms. The van der Waals surface area contributed by atoms with Crippen LogP contribution in [-0.2, 0) is 28.5 Å². The van der Waals surface area contributed by atoms with Gasteiger partial charge in [0.1, 0.15) is 24.4 Å². The molecule has 0 aromatic carbocycles. The van der Waals surface area contributed by atoms with E-state index in [1.54, 1.807) is 20.3 Å². The Balaban J connectivity index is 2.79. The summed E-state index contributed by atoms with van der Waals surface area (Å²) in [6.07, 6.45) is 0.791. The molecule has 7 nitrogen and oxygen atoms in total. The lowest BCUT2D eigenvalue weighted by Crippen LogP contribution is -2.65. The van der Waals surface area contributed by atoms with Crippen LogP contribution in [0, 0.1) is 0 Å². The van der Waals surface area contributed by atoms with Crippen LogP contribution in [0.2, 0.25) is 0 Å². The zero-order chi connectivity index (χ0) is 16.5. The summed E-state index contributed by atoms with van der Waals surface area (Å²) in [5, 5.41) is 2.80. The average molecular weight is 317 g/mol. The van der Waals surface area contributed by atoms with E-state index < -0.39 is 18.4 Å². The van der Waals surface area contributed by atoms with Crippen LogP contribution in [0.4, 0.5) is 0 Å². The summed E-state index contributed by atoms with van der Waals surface area (Å²) in [5.74, 6) is -0.187. The second-order valence-electron chi connectivity index (χ2n) is 5.06. The summed E-state index contributed by atoms with van der Waals surface area (Å²) in [6.45, 7) is 5.99. The third-order valence-electron chi connectivity index (χ3n) is 3.54. The molecule has 0 aliphatic carbocycles. The molecule has 0 aromatic rings. The van der Waals surface area contributed by atoms with Gasteiger partial charge < -0.3 is 29.0 Å². The topological polar surface area (TPSA) is 75.2 Å². The van der Waals surface area contributed by atoms with Gasteiger partial charge in [-0.2, -0.15) is 0 Å². The Bertz CT molecular complexity index is 351. The number of amides is 1. The minimum absolute atomic E-state index is 0.187. The standard InChI is InChI=1S/C15H27NO6/c1-6-7-8-21-9-11-13(18-3)14(19-4)12(16-10(2)17)15(20-5)22-11/h6,11-15H,1,7-9H2,2-5H3,(H,16,17)/t11?,12?,13-,14?,15+/m1/s1. The van der Waals surface area contributed by atoms with E-state index in [1.807, 2.05) is 0 Å². The monoisotopic (exact) mass is 317 g/mol. The van der Waals surface area contributed by atoms with E-state index in [4.69, 9.17) is 23.7 Å². The van der Waals surface area contributed by atoms with Crippen molar-refractivity contribution in [3.05, 3.63) is 12.7 Å². The van der Waals surface area contributed by atoms with Crippen molar-refractivity contribution in [2.45, 2.75) is 44.0 Å².